The van der Waals surface area contributed by atoms with Crippen molar-refractivity contribution >= 4 is 33.1 Å². The number of nitrogens with one attached hydrogen (secondary N) is 1. The number of aromatic nitrogens is 3. The highest BCUT2D eigenvalue weighted by Gasteiger charge is 2.18. The van der Waals surface area contributed by atoms with Crippen LogP contribution in [0.4, 0.5) is 5.82 Å². The van der Waals surface area contributed by atoms with Crippen LogP contribution in [0.3, 0.4) is 0 Å². The summed E-state index contributed by atoms with van der Waals surface area (Å²) in [6, 6.07) is 1.89. The highest BCUT2D eigenvalue weighted by Crippen LogP contribution is 2.22. The predicted octanol–water partition coefficient (Wildman–Crippen LogP) is 3.61. The molecular weight excluding hydrogens is 312 g/mol. The van der Waals surface area contributed by atoms with Crippen LogP contribution in [0.5, 0.6) is 0 Å². The summed E-state index contributed by atoms with van der Waals surface area (Å²) >= 11 is 5.05. The molecule has 0 aliphatic carbocycles. The fourth-order valence-corrected chi connectivity index (χ4v) is 2.27. The highest BCUT2D eigenvalue weighted by molar-refractivity contribution is 9.10. The second kappa shape index (κ2) is 5.32. The summed E-state index contributed by atoms with van der Waals surface area (Å²) in [6.07, 6.45) is 1.86. The van der Waals surface area contributed by atoms with E-state index in [1.165, 1.54) is 4.88 Å². The van der Waals surface area contributed by atoms with Gasteiger partial charge in [0.25, 0.3) is 0 Å². The van der Waals surface area contributed by atoms with Crippen molar-refractivity contribution in [3.63, 3.8) is 0 Å². The Balaban J connectivity index is 2.15. The van der Waals surface area contributed by atoms with E-state index in [0.29, 0.717) is 0 Å². The third-order valence-electron chi connectivity index (χ3n) is 2.29. The molecule has 0 unspecified atom stereocenters. The average Bonchev–Trinajstić information content (AvgIpc) is 2.77. The molecule has 6 heteroatoms. The van der Waals surface area contributed by atoms with Gasteiger partial charge in [0, 0.05) is 22.6 Å². The SMILES string of the molecule is CC(C)(C)c1nc(Br)cc(NCc2cncs2)n1. The van der Waals surface area contributed by atoms with Crippen LogP contribution < -0.4 is 5.32 Å². The van der Waals surface area contributed by atoms with Gasteiger partial charge in [0.1, 0.15) is 16.2 Å². The number of halogens is 1. The lowest BCUT2D eigenvalue weighted by atomic mass is 9.96. The molecule has 4 nitrogen and oxygen atoms in total. The van der Waals surface area contributed by atoms with Gasteiger partial charge in [-0.1, -0.05) is 20.8 Å². The average molecular weight is 327 g/mol. The summed E-state index contributed by atoms with van der Waals surface area (Å²) in [5.74, 6) is 1.65. The minimum absolute atomic E-state index is 0.0648. The molecule has 96 valence electrons. The molecule has 0 spiro atoms. The van der Waals surface area contributed by atoms with Gasteiger partial charge in [0.05, 0.1) is 12.1 Å². The third kappa shape index (κ3) is 3.49. The van der Waals surface area contributed by atoms with Crippen molar-refractivity contribution < 1.29 is 0 Å². The van der Waals surface area contributed by atoms with E-state index in [0.717, 1.165) is 22.8 Å². The number of nitrogens with zero attached hydrogens (tertiary/aromatic N) is 3. The molecule has 2 rings (SSSR count). The quantitative estimate of drug-likeness (QED) is 0.875. The molecule has 0 radical (unpaired) electrons. The summed E-state index contributed by atoms with van der Waals surface area (Å²) in [4.78, 5) is 14.2. The molecule has 2 aromatic rings. The van der Waals surface area contributed by atoms with Crippen LogP contribution in [-0.4, -0.2) is 15.0 Å². The molecule has 0 amide bonds. The van der Waals surface area contributed by atoms with E-state index in [2.05, 4.69) is 57.0 Å². The molecule has 18 heavy (non-hydrogen) atoms. The number of anilines is 1. The van der Waals surface area contributed by atoms with Crippen LogP contribution in [0, 0.1) is 0 Å². The molecule has 0 saturated carbocycles. The van der Waals surface area contributed by atoms with E-state index in [1.54, 1.807) is 11.3 Å². The Hall–Kier alpha value is -1.01. The standard InChI is InChI=1S/C12H15BrN4S/c1-12(2,3)11-16-9(13)4-10(17-11)15-6-8-5-14-7-18-8/h4-5,7H,6H2,1-3H3,(H,15,16,17). The summed E-state index contributed by atoms with van der Waals surface area (Å²) in [5, 5.41) is 3.29. The first-order valence-electron chi connectivity index (χ1n) is 5.61. The maximum atomic E-state index is 4.54. The van der Waals surface area contributed by atoms with Crippen molar-refractivity contribution in [2.75, 3.05) is 5.32 Å². The molecule has 0 aliphatic heterocycles. The Morgan fingerprint density at radius 1 is 1.33 bits per heavy atom. The van der Waals surface area contributed by atoms with Gasteiger partial charge in [-0.25, -0.2) is 9.97 Å². The van der Waals surface area contributed by atoms with Crippen LogP contribution in [-0.2, 0) is 12.0 Å². The fourth-order valence-electron chi connectivity index (χ4n) is 1.35. The van der Waals surface area contributed by atoms with E-state index in [4.69, 9.17) is 0 Å². The van der Waals surface area contributed by atoms with E-state index in [9.17, 15) is 0 Å². The van der Waals surface area contributed by atoms with Crippen LogP contribution >= 0.6 is 27.3 Å². The van der Waals surface area contributed by atoms with Gasteiger partial charge < -0.3 is 5.32 Å². The number of rotatable bonds is 3. The Bertz CT molecular complexity index is 519. The Labute approximate surface area is 119 Å². The Kier molecular flexibility index (Phi) is 3.97. The summed E-state index contributed by atoms with van der Waals surface area (Å²) in [6.45, 7) is 7.03. The van der Waals surface area contributed by atoms with Gasteiger partial charge in [-0.05, 0) is 15.9 Å². The Morgan fingerprint density at radius 2 is 2.11 bits per heavy atom. The van der Waals surface area contributed by atoms with E-state index in [-0.39, 0.29) is 5.41 Å². The monoisotopic (exact) mass is 326 g/mol. The summed E-state index contributed by atoms with van der Waals surface area (Å²) in [5.41, 5.74) is 1.76. The van der Waals surface area contributed by atoms with E-state index < -0.39 is 0 Å². The first kappa shape index (κ1) is 13.4. The maximum absolute atomic E-state index is 4.54. The van der Waals surface area contributed by atoms with Gasteiger partial charge in [-0.15, -0.1) is 11.3 Å². The van der Waals surface area contributed by atoms with Gasteiger partial charge >= 0.3 is 0 Å². The van der Waals surface area contributed by atoms with Crippen LogP contribution in [0.1, 0.15) is 31.5 Å². The molecule has 0 bridgehead atoms. The predicted molar refractivity (Wildman–Crippen MR) is 77.9 cm³/mol. The fraction of sp³-hybridized carbons (Fsp3) is 0.417. The second-order valence-corrected chi connectivity index (χ2v) is 6.75. The molecule has 0 aromatic carbocycles. The van der Waals surface area contributed by atoms with Gasteiger partial charge in [0.15, 0.2) is 0 Å². The minimum Gasteiger partial charge on any atom is -0.365 e. The normalized spacial score (nSPS) is 11.6. The summed E-state index contributed by atoms with van der Waals surface area (Å²) in [7, 11) is 0. The van der Waals surface area contributed by atoms with Crippen LogP contribution in [0.2, 0.25) is 0 Å². The minimum atomic E-state index is -0.0648. The maximum Gasteiger partial charge on any atom is 0.137 e. The van der Waals surface area contributed by atoms with E-state index >= 15 is 0 Å². The zero-order valence-corrected chi connectivity index (χ0v) is 13.0. The van der Waals surface area contributed by atoms with Crippen molar-refractivity contribution in [3.05, 3.63) is 33.1 Å². The van der Waals surface area contributed by atoms with Crippen molar-refractivity contribution in [2.45, 2.75) is 32.7 Å². The Morgan fingerprint density at radius 3 is 2.72 bits per heavy atom. The number of hydrogen-bond donors (Lipinski definition) is 1. The lowest BCUT2D eigenvalue weighted by molar-refractivity contribution is 0.544. The first-order chi connectivity index (χ1) is 8.45. The zero-order chi connectivity index (χ0) is 13.2. The molecule has 0 aliphatic rings. The molecule has 0 saturated heterocycles. The topological polar surface area (TPSA) is 50.7 Å². The molecule has 2 aromatic heterocycles. The van der Waals surface area contributed by atoms with Crippen LogP contribution in [0.15, 0.2) is 22.4 Å². The van der Waals surface area contributed by atoms with Gasteiger partial charge in [-0.3, -0.25) is 4.98 Å². The molecule has 0 fully saturated rings. The highest BCUT2D eigenvalue weighted by atomic mass is 79.9. The molecule has 0 atom stereocenters. The number of hydrogen-bond acceptors (Lipinski definition) is 5. The van der Waals surface area contributed by atoms with Crippen LogP contribution in [0.25, 0.3) is 0 Å². The van der Waals surface area contributed by atoms with E-state index in [1.807, 2.05) is 17.8 Å². The molecule has 1 N–H and O–H groups in total. The number of thiazole rings is 1. The van der Waals surface area contributed by atoms with Gasteiger partial charge in [0.2, 0.25) is 0 Å². The second-order valence-electron chi connectivity index (χ2n) is 4.97. The van der Waals surface area contributed by atoms with Crippen molar-refractivity contribution in [3.8, 4) is 0 Å². The smallest absolute Gasteiger partial charge is 0.137 e. The van der Waals surface area contributed by atoms with Gasteiger partial charge in [-0.2, -0.15) is 0 Å². The van der Waals surface area contributed by atoms with Crippen molar-refractivity contribution in [2.24, 2.45) is 0 Å². The largest absolute Gasteiger partial charge is 0.365 e. The lowest BCUT2D eigenvalue weighted by Gasteiger charge is -2.17. The zero-order valence-electron chi connectivity index (χ0n) is 10.6. The molecular formula is C12H15BrN4S. The first-order valence-corrected chi connectivity index (χ1v) is 7.29. The van der Waals surface area contributed by atoms with Crippen molar-refractivity contribution in [1.82, 2.24) is 15.0 Å². The molecule has 2 heterocycles. The third-order valence-corrected chi connectivity index (χ3v) is 3.48. The summed E-state index contributed by atoms with van der Waals surface area (Å²) < 4.78 is 0.800. The van der Waals surface area contributed by atoms with Crippen molar-refractivity contribution in [1.29, 1.82) is 0 Å². The lowest BCUT2D eigenvalue weighted by Crippen LogP contribution is -2.17.